The van der Waals surface area contributed by atoms with Gasteiger partial charge in [0.25, 0.3) is 0 Å². The van der Waals surface area contributed by atoms with Crippen molar-refractivity contribution in [2.45, 2.75) is 25.2 Å². The summed E-state index contributed by atoms with van der Waals surface area (Å²) in [5.74, 6) is -0.797. The van der Waals surface area contributed by atoms with Gasteiger partial charge in [-0.05, 0) is 30.5 Å². The molecule has 2 aromatic rings. The normalized spacial score (nSPS) is 11.6. The highest BCUT2D eigenvalue weighted by Gasteiger charge is 2.20. The Balaban J connectivity index is 1.89. The minimum absolute atomic E-state index is 0.0536. The van der Waals surface area contributed by atoms with Crippen molar-refractivity contribution in [1.82, 2.24) is 4.98 Å². The Hall–Kier alpha value is -2.47. The molecule has 0 saturated carbocycles. The summed E-state index contributed by atoms with van der Waals surface area (Å²) >= 11 is 0. The number of pyridine rings is 1. The number of benzene rings is 1. The number of aromatic nitrogens is 1. The van der Waals surface area contributed by atoms with Crippen LogP contribution in [0, 0.1) is 11.3 Å². The first-order valence-electron chi connectivity index (χ1n) is 6.68. The van der Waals surface area contributed by atoms with Crippen molar-refractivity contribution in [3.63, 3.8) is 0 Å². The van der Waals surface area contributed by atoms with Crippen LogP contribution in [0.1, 0.15) is 30.0 Å². The predicted molar refractivity (Wildman–Crippen MR) is 77.0 cm³/mol. The predicted octanol–water partition coefficient (Wildman–Crippen LogP) is 3.28. The molecule has 0 radical (unpaired) electrons. The zero-order valence-corrected chi connectivity index (χ0v) is 11.2. The van der Waals surface area contributed by atoms with Gasteiger partial charge in [-0.15, -0.1) is 0 Å². The minimum atomic E-state index is -0.744. The number of hydrogen-bond donors (Lipinski definition) is 0. The summed E-state index contributed by atoms with van der Waals surface area (Å²) in [5.41, 5.74) is 1.76. The van der Waals surface area contributed by atoms with E-state index >= 15 is 0 Å². The second-order valence-corrected chi connectivity index (χ2v) is 4.62. The molecular formula is C17H16N2O. The molecule has 0 aliphatic carbocycles. The standard InChI is InChI=1S/C17H16N2O/c18-13-15(16-10-4-5-12-19-16)17(20)11-6-9-14-7-2-1-3-8-14/h1-5,7-8,10,12,15H,6,9,11H2/t15-/m1/s1. The highest BCUT2D eigenvalue weighted by Crippen LogP contribution is 2.16. The number of carbonyl (C=O) groups excluding carboxylic acids is 1. The lowest BCUT2D eigenvalue weighted by molar-refractivity contribution is -0.119. The van der Waals surface area contributed by atoms with E-state index in [9.17, 15) is 4.79 Å². The molecule has 2 rings (SSSR count). The minimum Gasteiger partial charge on any atom is -0.298 e. The number of nitrogens with zero attached hydrogens (tertiary/aromatic N) is 2. The largest absolute Gasteiger partial charge is 0.298 e. The van der Waals surface area contributed by atoms with E-state index in [4.69, 9.17) is 5.26 Å². The summed E-state index contributed by atoms with van der Waals surface area (Å²) in [6.07, 6.45) is 3.63. The van der Waals surface area contributed by atoms with E-state index in [2.05, 4.69) is 11.1 Å². The molecule has 100 valence electrons. The SMILES string of the molecule is N#C[C@@H](C(=O)CCCc1ccccc1)c1ccccn1. The van der Waals surface area contributed by atoms with Crippen LogP contribution in [0.15, 0.2) is 54.7 Å². The van der Waals surface area contributed by atoms with Crippen molar-refractivity contribution in [1.29, 1.82) is 5.26 Å². The Morgan fingerprint density at radius 1 is 1.15 bits per heavy atom. The van der Waals surface area contributed by atoms with E-state index in [0.717, 1.165) is 12.8 Å². The third-order valence-electron chi connectivity index (χ3n) is 3.17. The molecule has 0 aliphatic heterocycles. The second kappa shape index (κ2) is 7.20. The van der Waals surface area contributed by atoms with Crippen LogP contribution in [0.3, 0.4) is 0 Å². The number of nitriles is 1. The number of Topliss-reactive ketones (excluding diaryl/α,β-unsaturated/α-hetero) is 1. The number of carbonyl (C=O) groups is 1. The number of hydrogen-bond acceptors (Lipinski definition) is 3. The van der Waals surface area contributed by atoms with Crippen molar-refractivity contribution >= 4 is 5.78 Å². The monoisotopic (exact) mass is 264 g/mol. The van der Waals surface area contributed by atoms with Crippen LogP contribution in [0.2, 0.25) is 0 Å². The highest BCUT2D eigenvalue weighted by atomic mass is 16.1. The molecule has 0 bridgehead atoms. The van der Waals surface area contributed by atoms with Crippen molar-refractivity contribution in [2.24, 2.45) is 0 Å². The fraction of sp³-hybridized carbons (Fsp3) is 0.235. The first kappa shape index (κ1) is 14.0. The van der Waals surface area contributed by atoms with Crippen LogP contribution in [0.25, 0.3) is 0 Å². The highest BCUT2D eigenvalue weighted by molar-refractivity contribution is 5.87. The molecule has 1 heterocycles. The van der Waals surface area contributed by atoms with Gasteiger partial charge in [-0.3, -0.25) is 9.78 Å². The van der Waals surface area contributed by atoms with Crippen LogP contribution >= 0.6 is 0 Å². The number of aryl methyl sites for hydroxylation is 1. The van der Waals surface area contributed by atoms with Gasteiger partial charge < -0.3 is 0 Å². The van der Waals surface area contributed by atoms with Gasteiger partial charge in [0.1, 0.15) is 5.92 Å². The van der Waals surface area contributed by atoms with E-state index in [0.29, 0.717) is 12.1 Å². The lowest BCUT2D eigenvalue weighted by atomic mass is 9.96. The lowest BCUT2D eigenvalue weighted by Gasteiger charge is -2.07. The molecule has 0 amide bonds. The maximum absolute atomic E-state index is 12.1. The van der Waals surface area contributed by atoms with Gasteiger partial charge in [-0.25, -0.2) is 0 Å². The second-order valence-electron chi connectivity index (χ2n) is 4.62. The molecule has 1 aromatic heterocycles. The number of ketones is 1. The van der Waals surface area contributed by atoms with Crippen LogP contribution in [0.4, 0.5) is 0 Å². The molecule has 3 heteroatoms. The van der Waals surface area contributed by atoms with Gasteiger partial charge in [-0.2, -0.15) is 5.26 Å². The summed E-state index contributed by atoms with van der Waals surface area (Å²) < 4.78 is 0. The first-order valence-corrected chi connectivity index (χ1v) is 6.68. The average molecular weight is 264 g/mol. The molecule has 0 spiro atoms. The van der Waals surface area contributed by atoms with Crippen LogP contribution in [-0.2, 0) is 11.2 Å². The zero-order chi connectivity index (χ0) is 14.2. The summed E-state index contributed by atoms with van der Waals surface area (Å²) in [6.45, 7) is 0. The Bertz CT molecular complexity index is 587. The molecule has 3 nitrogen and oxygen atoms in total. The molecule has 0 unspecified atom stereocenters. The molecule has 0 fully saturated rings. The van der Waals surface area contributed by atoms with Crippen LogP contribution in [-0.4, -0.2) is 10.8 Å². The third-order valence-corrected chi connectivity index (χ3v) is 3.17. The Morgan fingerprint density at radius 3 is 2.55 bits per heavy atom. The maximum atomic E-state index is 12.1. The first-order chi connectivity index (χ1) is 9.81. The topological polar surface area (TPSA) is 53.8 Å². The van der Waals surface area contributed by atoms with Crippen LogP contribution < -0.4 is 0 Å². The van der Waals surface area contributed by atoms with E-state index in [1.165, 1.54) is 5.56 Å². The van der Waals surface area contributed by atoms with E-state index < -0.39 is 5.92 Å². The van der Waals surface area contributed by atoms with E-state index in [-0.39, 0.29) is 5.78 Å². The molecule has 1 aromatic carbocycles. The van der Waals surface area contributed by atoms with E-state index in [1.54, 1.807) is 24.4 Å². The maximum Gasteiger partial charge on any atom is 0.156 e. The molecule has 20 heavy (non-hydrogen) atoms. The molecular weight excluding hydrogens is 248 g/mol. The quantitative estimate of drug-likeness (QED) is 0.804. The summed E-state index contributed by atoms with van der Waals surface area (Å²) in [5, 5.41) is 9.16. The van der Waals surface area contributed by atoms with Gasteiger partial charge in [0, 0.05) is 12.6 Å². The van der Waals surface area contributed by atoms with Gasteiger partial charge in [-0.1, -0.05) is 36.4 Å². The van der Waals surface area contributed by atoms with Gasteiger partial charge in [0.2, 0.25) is 0 Å². The van der Waals surface area contributed by atoms with Gasteiger partial charge in [0.15, 0.2) is 5.78 Å². The third kappa shape index (κ3) is 3.76. The smallest absolute Gasteiger partial charge is 0.156 e. The summed E-state index contributed by atoms with van der Waals surface area (Å²) in [7, 11) is 0. The Morgan fingerprint density at radius 2 is 1.90 bits per heavy atom. The van der Waals surface area contributed by atoms with Crippen molar-refractivity contribution in [3.8, 4) is 6.07 Å². The Labute approximate surface area is 118 Å². The van der Waals surface area contributed by atoms with Gasteiger partial charge >= 0.3 is 0 Å². The Kier molecular flexibility index (Phi) is 5.02. The fourth-order valence-electron chi connectivity index (χ4n) is 2.11. The summed E-state index contributed by atoms with van der Waals surface area (Å²) in [4.78, 5) is 16.2. The molecule has 0 aliphatic rings. The summed E-state index contributed by atoms with van der Waals surface area (Å²) in [6, 6.07) is 17.4. The van der Waals surface area contributed by atoms with Crippen LogP contribution in [0.5, 0.6) is 0 Å². The fourth-order valence-corrected chi connectivity index (χ4v) is 2.11. The molecule has 1 atom stereocenters. The van der Waals surface area contributed by atoms with Crippen molar-refractivity contribution in [2.75, 3.05) is 0 Å². The van der Waals surface area contributed by atoms with E-state index in [1.807, 2.05) is 30.3 Å². The van der Waals surface area contributed by atoms with Gasteiger partial charge in [0.05, 0.1) is 11.8 Å². The molecule has 0 N–H and O–H groups in total. The van der Waals surface area contributed by atoms with Crippen molar-refractivity contribution in [3.05, 3.63) is 66.0 Å². The van der Waals surface area contributed by atoms with Crippen molar-refractivity contribution < 1.29 is 4.79 Å². The molecule has 0 saturated heterocycles. The zero-order valence-electron chi connectivity index (χ0n) is 11.2. The average Bonchev–Trinajstić information content (AvgIpc) is 2.50. The number of rotatable bonds is 6. The lowest BCUT2D eigenvalue weighted by Crippen LogP contribution is -2.12.